The van der Waals surface area contributed by atoms with E-state index >= 15 is 0 Å². The maximum atomic E-state index is 11.4. The van der Waals surface area contributed by atoms with E-state index in [-0.39, 0.29) is 23.8 Å². The molecule has 0 heterocycles. The fraction of sp³-hybridized carbons (Fsp3) is 0.500. The van der Waals surface area contributed by atoms with Crippen molar-refractivity contribution in [1.29, 1.82) is 0 Å². The van der Waals surface area contributed by atoms with Crippen molar-refractivity contribution in [3.05, 3.63) is 35.4 Å². The van der Waals surface area contributed by atoms with E-state index in [2.05, 4.69) is 0 Å². The molecule has 1 aromatic rings. The molecule has 20 heavy (non-hydrogen) atoms. The van der Waals surface area contributed by atoms with Gasteiger partial charge < -0.3 is 9.47 Å². The Morgan fingerprint density at radius 3 is 1.45 bits per heavy atom. The van der Waals surface area contributed by atoms with Crippen LogP contribution in [0.1, 0.15) is 36.8 Å². The van der Waals surface area contributed by atoms with Gasteiger partial charge in [-0.15, -0.1) is 0 Å². The van der Waals surface area contributed by atoms with Crippen molar-refractivity contribution in [3.63, 3.8) is 0 Å². The molecule has 2 aliphatic rings. The molecule has 4 heteroatoms. The highest BCUT2D eigenvalue weighted by molar-refractivity contribution is 5.75. The van der Waals surface area contributed by atoms with Gasteiger partial charge in [0, 0.05) is 0 Å². The van der Waals surface area contributed by atoms with Crippen LogP contribution in [0.15, 0.2) is 24.3 Å². The molecule has 0 atom stereocenters. The molecule has 0 aliphatic heterocycles. The molecular formula is C16H18O4. The van der Waals surface area contributed by atoms with E-state index in [0.29, 0.717) is 13.2 Å². The summed E-state index contributed by atoms with van der Waals surface area (Å²) in [5.41, 5.74) is 1.91. The van der Waals surface area contributed by atoms with E-state index in [1.807, 2.05) is 24.3 Å². The highest BCUT2D eigenvalue weighted by atomic mass is 16.5. The van der Waals surface area contributed by atoms with Crippen LogP contribution in [0.25, 0.3) is 0 Å². The topological polar surface area (TPSA) is 52.6 Å². The van der Waals surface area contributed by atoms with Gasteiger partial charge in [-0.3, -0.25) is 9.59 Å². The lowest BCUT2D eigenvalue weighted by atomic mass is 10.1. The highest BCUT2D eigenvalue weighted by Gasteiger charge is 2.31. The molecule has 0 saturated heterocycles. The highest BCUT2D eigenvalue weighted by Crippen LogP contribution is 2.31. The second kappa shape index (κ2) is 5.65. The second-order valence-corrected chi connectivity index (χ2v) is 5.58. The van der Waals surface area contributed by atoms with Crippen molar-refractivity contribution in [2.75, 3.05) is 0 Å². The van der Waals surface area contributed by atoms with Crippen molar-refractivity contribution >= 4 is 11.9 Å². The summed E-state index contributed by atoms with van der Waals surface area (Å²) in [4.78, 5) is 22.8. The summed E-state index contributed by atoms with van der Waals surface area (Å²) in [6.07, 6.45) is 3.85. The number of carbonyl (C=O) groups excluding carboxylic acids is 2. The van der Waals surface area contributed by atoms with E-state index in [1.165, 1.54) is 0 Å². The van der Waals surface area contributed by atoms with Crippen LogP contribution in [-0.2, 0) is 32.3 Å². The lowest BCUT2D eigenvalue weighted by Gasteiger charge is -2.06. The van der Waals surface area contributed by atoms with Crippen molar-refractivity contribution in [2.24, 2.45) is 11.8 Å². The average molecular weight is 274 g/mol. The van der Waals surface area contributed by atoms with Crippen LogP contribution in [0.2, 0.25) is 0 Å². The van der Waals surface area contributed by atoms with Crippen molar-refractivity contribution in [3.8, 4) is 0 Å². The van der Waals surface area contributed by atoms with Gasteiger partial charge in [0.2, 0.25) is 0 Å². The van der Waals surface area contributed by atoms with Gasteiger partial charge in [0.1, 0.15) is 13.2 Å². The molecule has 3 rings (SSSR count). The molecule has 0 radical (unpaired) electrons. The molecule has 2 saturated carbocycles. The van der Waals surface area contributed by atoms with Crippen LogP contribution < -0.4 is 0 Å². The van der Waals surface area contributed by atoms with Gasteiger partial charge >= 0.3 is 11.9 Å². The van der Waals surface area contributed by atoms with E-state index in [9.17, 15) is 9.59 Å². The van der Waals surface area contributed by atoms with E-state index in [4.69, 9.17) is 9.47 Å². The molecule has 4 nitrogen and oxygen atoms in total. The van der Waals surface area contributed by atoms with Crippen molar-refractivity contribution in [2.45, 2.75) is 38.9 Å². The minimum Gasteiger partial charge on any atom is -0.461 e. The monoisotopic (exact) mass is 274 g/mol. The van der Waals surface area contributed by atoms with E-state index in [1.54, 1.807) is 0 Å². The van der Waals surface area contributed by atoms with Crippen LogP contribution in [0, 0.1) is 11.8 Å². The first-order valence-corrected chi connectivity index (χ1v) is 7.13. The van der Waals surface area contributed by atoms with Crippen molar-refractivity contribution in [1.82, 2.24) is 0 Å². The van der Waals surface area contributed by atoms with E-state index in [0.717, 1.165) is 36.8 Å². The summed E-state index contributed by atoms with van der Waals surface area (Å²) < 4.78 is 10.4. The summed E-state index contributed by atoms with van der Waals surface area (Å²) in [5.74, 6) is 0.0899. The number of hydrogen-bond acceptors (Lipinski definition) is 4. The van der Waals surface area contributed by atoms with Gasteiger partial charge in [-0.1, -0.05) is 24.3 Å². The van der Waals surface area contributed by atoms with Gasteiger partial charge in [0.15, 0.2) is 0 Å². The summed E-state index contributed by atoms with van der Waals surface area (Å²) in [6, 6.07) is 7.61. The molecule has 0 bridgehead atoms. The Morgan fingerprint density at radius 2 is 1.15 bits per heavy atom. The van der Waals surface area contributed by atoms with Crippen LogP contribution in [-0.4, -0.2) is 11.9 Å². The Morgan fingerprint density at radius 1 is 0.800 bits per heavy atom. The first kappa shape index (κ1) is 13.2. The first-order valence-electron chi connectivity index (χ1n) is 7.13. The molecule has 0 aromatic heterocycles. The molecule has 0 spiro atoms. The summed E-state index contributed by atoms with van der Waals surface area (Å²) in [6.45, 7) is 0.634. The van der Waals surface area contributed by atoms with Crippen LogP contribution >= 0.6 is 0 Å². The Labute approximate surface area is 118 Å². The fourth-order valence-corrected chi connectivity index (χ4v) is 1.91. The largest absolute Gasteiger partial charge is 0.461 e. The quantitative estimate of drug-likeness (QED) is 0.748. The van der Waals surface area contributed by atoms with Gasteiger partial charge in [0.25, 0.3) is 0 Å². The summed E-state index contributed by atoms with van der Waals surface area (Å²) in [7, 11) is 0. The number of ether oxygens (including phenoxy) is 2. The van der Waals surface area contributed by atoms with Crippen LogP contribution in [0.3, 0.4) is 0 Å². The maximum Gasteiger partial charge on any atom is 0.309 e. The molecule has 0 N–H and O–H groups in total. The van der Waals surface area contributed by atoms with Crippen LogP contribution in [0.5, 0.6) is 0 Å². The predicted molar refractivity (Wildman–Crippen MR) is 71.5 cm³/mol. The third kappa shape index (κ3) is 3.59. The Balaban J connectivity index is 1.43. The summed E-state index contributed by atoms with van der Waals surface area (Å²) >= 11 is 0. The smallest absolute Gasteiger partial charge is 0.309 e. The molecular weight excluding hydrogens is 256 g/mol. The Kier molecular flexibility index (Phi) is 3.72. The normalized spacial score (nSPS) is 17.6. The second-order valence-electron chi connectivity index (χ2n) is 5.58. The molecule has 2 aliphatic carbocycles. The molecule has 1 aromatic carbocycles. The minimum absolute atomic E-state index is 0.0903. The zero-order valence-corrected chi connectivity index (χ0v) is 11.3. The van der Waals surface area contributed by atoms with Crippen molar-refractivity contribution < 1.29 is 19.1 Å². The van der Waals surface area contributed by atoms with Gasteiger partial charge in [0.05, 0.1) is 11.8 Å². The lowest BCUT2D eigenvalue weighted by Crippen LogP contribution is -2.07. The van der Waals surface area contributed by atoms with E-state index < -0.39 is 0 Å². The van der Waals surface area contributed by atoms with Gasteiger partial charge in [-0.2, -0.15) is 0 Å². The SMILES string of the molecule is O=C(OCc1ccc(COC(=O)C2CC2)cc1)C1CC1. The third-order valence-corrected chi connectivity index (χ3v) is 3.61. The standard InChI is InChI=1S/C16H18O4/c17-15(13-5-6-13)19-9-11-1-2-12(4-3-11)10-20-16(18)14-7-8-14/h1-4,13-14H,5-10H2. The molecule has 2 fully saturated rings. The predicted octanol–water partition coefficient (Wildman–Crippen LogP) is 2.59. The fourth-order valence-electron chi connectivity index (χ4n) is 1.91. The average Bonchev–Trinajstić information content (AvgIpc) is 3.33. The number of benzene rings is 1. The number of carbonyl (C=O) groups is 2. The number of esters is 2. The molecule has 0 amide bonds. The summed E-state index contributed by atoms with van der Waals surface area (Å²) in [5, 5.41) is 0. The van der Waals surface area contributed by atoms with Gasteiger partial charge in [-0.25, -0.2) is 0 Å². The number of rotatable bonds is 6. The Hall–Kier alpha value is -1.84. The molecule has 0 unspecified atom stereocenters. The third-order valence-electron chi connectivity index (χ3n) is 3.61. The van der Waals surface area contributed by atoms with Crippen LogP contribution in [0.4, 0.5) is 0 Å². The first-order chi connectivity index (χ1) is 9.72. The molecule has 106 valence electrons. The lowest BCUT2D eigenvalue weighted by molar-refractivity contribution is -0.147. The zero-order chi connectivity index (χ0) is 13.9. The maximum absolute atomic E-state index is 11.4. The zero-order valence-electron chi connectivity index (χ0n) is 11.3. The van der Waals surface area contributed by atoms with Gasteiger partial charge in [-0.05, 0) is 36.8 Å². The minimum atomic E-state index is -0.0903. The Bertz CT molecular complexity index is 451. The number of hydrogen-bond donors (Lipinski definition) is 0.